The zero-order valence-corrected chi connectivity index (χ0v) is 11.9. The van der Waals surface area contributed by atoms with Crippen molar-refractivity contribution in [2.45, 2.75) is 0 Å². The van der Waals surface area contributed by atoms with Crippen molar-refractivity contribution in [3.8, 4) is 17.2 Å². The van der Waals surface area contributed by atoms with Crippen LogP contribution in [-0.4, -0.2) is 20.3 Å². The maximum Gasteiger partial charge on any atom is 0.161 e. The second-order valence-electron chi connectivity index (χ2n) is 4.64. The number of rotatable bonds is 3. The highest BCUT2D eigenvalue weighted by molar-refractivity contribution is 5.80. The number of ether oxygens (including phenoxy) is 3. The summed E-state index contributed by atoms with van der Waals surface area (Å²) in [5, 5.41) is 0. The fraction of sp³-hybridized carbons (Fsp3) is 0.167. The summed E-state index contributed by atoms with van der Waals surface area (Å²) in [6.07, 6.45) is 0. The van der Waals surface area contributed by atoms with E-state index in [4.69, 9.17) is 14.2 Å². The topological polar surface area (TPSA) is 27.7 Å². The number of hydrogen-bond acceptors (Lipinski definition) is 3. The molecule has 2 aromatic carbocycles. The highest BCUT2D eigenvalue weighted by Crippen LogP contribution is 2.34. The quantitative estimate of drug-likeness (QED) is 0.803. The van der Waals surface area contributed by atoms with Crippen molar-refractivity contribution in [3.05, 3.63) is 65.9 Å². The summed E-state index contributed by atoms with van der Waals surface area (Å²) < 4.78 is 16.3. The van der Waals surface area contributed by atoms with Gasteiger partial charge in [-0.25, -0.2) is 0 Å². The molecule has 3 nitrogen and oxygen atoms in total. The van der Waals surface area contributed by atoms with Crippen molar-refractivity contribution < 1.29 is 14.2 Å². The molecule has 2 aromatic rings. The largest absolute Gasteiger partial charge is 0.497 e. The molecule has 0 bridgehead atoms. The molecule has 0 amide bonds. The third-order valence-electron chi connectivity index (χ3n) is 3.39. The van der Waals surface area contributed by atoms with Gasteiger partial charge >= 0.3 is 0 Å². The fourth-order valence-electron chi connectivity index (χ4n) is 2.33. The Morgan fingerprint density at radius 3 is 2.33 bits per heavy atom. The van der Waals surface area contributed by atoms with Gasteiger partial charge in [0.05, 0.1) is 7.11 Å². The van der Waals surface area contributed by atoms with Gasteiger partial charge in [-0.1, -0.05) is 18.7 Å². The Hall–Kier alpha value is -2.64. The van der Waals surface area contributed by atoms with Crippen molar-refractivity contribution >= 4 is 5.57 Å². The lowest BCUT2D eigenvalue weighted by atomic mass is 9.98. The standard InChI is InChI=1S/C18H16O3/c1-3-16(13-4-7-15(19-2)8-5-13)14-6-9-17-18(12-14)21-11-10-20-17/h4-9,12H,1,10-11H2,2H3. The lowest BCUT2D eigenvalue weighted by Crippen LogP contribution is -2.15. The van der Waals surface area contributed by atoms with Crippen LogP contribution in [0.3, 0.4) is 0 Å². The van der Waals surface area contributed by atoms with E-state index in [1.165, 1.54) is 0 Å². The molecule has 1 heterocycles. The minimum absolute atomic E-state index is 0.576. The van der Waals surface area contributed by atoms with Gasteiger partial charge in [0.25, 0.3) is 0 Å². The Bertz CT molecular complexity index is 695. The summed E-state index contributed by atoms with van der Waals surface area (Å²) in [7, 11) is 1.65. The molecule has 1 aliphatic heterocycles. The SMILES string of the molecule is C=C=C(c1ccc(OC)cc1)c1ccc2c(c1)OCCO2. The molecule has 3 rings (SSSR count). The fourth-order valence-corrected chi connectivity index (χ4v) is 2.33. The first-order valence-corrected chi connectivity index (χ1v) is 6.76. The highest BCUT2D eigenvalue weighted by Gasteiger charge is 2.14. The summed E-state index contributed by atoms with van der Waals surface area (Å²) >= 11 is 0. The van der Waals surface area contributed by atoms with E-state index in [0.29, 0.717) is 13.2 Å². The van der Waals surface area contributed by atoms with E-state index in [9.17, 15) is 0 Å². The van der Waals surface area contributed by atoms with Gasteiger partial charge < -0.3 is 14.2 Å². The lowest BCUT2D eigenvalue weighted by molar-refractivity contribution is 0.171. The van der Waals surface area contributed by atoms with Gasteiger partial charge in [0.1, 0.15) is 19.0 Å². The van der Waals surface area contributed by atoms with Crippen LogP contribution in [-0.2, 0) is 0 Å². The normalized spacial score (nSPS) is 12.4. The molecule has 3 heteroatoms. The summed E-state index contributed by atoms with van der Waals surface area (Å²) in [5.41, 5.74) is 5.96. The maximum atomic E-state index is 5.62. The molecule has 106 valence electrons. The van der Waals surface area contributed by atoms with Gasteiger partial charge in [-0.05, 0) is 41.5 Å². The Labute approximate surface area is 124 Å². The molecule has 0 saturated carbocycles. The molecule has 0 radical (unpaired) electrons. The Kier molecular flexibility index (Phi) is 3.67. The molecule has 0 fully saturated rings. The van der Waals surface area contributed by atoms with Crippen molar-refractivity contribution in [1.82, 2.24) is 0 Å². The van der Waals surface area contributed by atoms with Crippen LogP contribution < -0.4 is 14.2 Å². The zero-order valence-electron chi connectivity index (χ0n) is 11.9. The minimum atomic E-state index is 0.576. The van der Waals surface area contributed by atoms with E-state index < -0.39 is 0 Å². The van der Waals surface area contributed by atoms with Crippen LogP contribution in [0.15, 0.2) is 54.8 Å². The number of methoxy groups -OCH3 is 1. The van der Waals surface area contributed by atoms with Crippen LogP contribution in [0.1, 0.15) is 11.1 Å². The molecular formula is C18H16O3. The highest BCUT2D eigenvalue weighted by atomic mass is 16.6. The Morgan fingerprint density at radius 1 is 1.00 bits per heavy atom. The van der Waals surface area contributed by atoms with Gasteiger partial charge in [-0.15, -0.1) is 5.73 Å². The first-order chi connectivity index (χ1) is 10.3. The predicted octanol–water partition coefficient (Wildman–Crippen LogP) is 3.68. The van der Waals surface area contributed by atoms with Gasteiger partial charge in [-0.2, -0.15) is 0 Å². The minimum Gasteiger partial charge on any atom is -0.497 e. The van der Waals surface area contributed by atoms with Gasteiger partial charge in [0, 0.05) is 5.57 Å². The summed E-state index contributed by atoms with van der Waals surface area (Å²) in [4.78, 5) is 0. The molecule has 0 aromatic heterocycles. The Balaban J connectivity index is 1.98. The van der Waals surface area contributed by atoms with Crippen molar-refractivity contribution in [3.63, 3.8) is 0 Å². The second-order valence-corrected chi connectivity index (χ2v) is 4.64. The molecule has 1 aliphatic rings. The molecule has 21 heavy (non-hydrogen) atoms. The molecule has 0 aliphatic carbocycles. The Morgan fingerprint density at radius 2 is 1.67 bits per heavy atom. The van der Waals surface area contributed by atoms with Crippen molar-refractivity contribution in [2.24, 2.45) is 0 Å². The number of benzene rings is 2. The third kappa shape index (κ3) is 2.64. The van der Waals surface area contributed by atoms with Gasteiger partial charge in [0.15, 0.2) is 11.5 Å². The predicted molar refractivity (Wildman–Crippen MR) is 82.1 cm³/mol. The third-order valence-corrected chi connectivity index (χ3v) is 3.39. The molecular weight excluding hydrogens is 264 g/mol. The first-order valence-electron chi connectivity index (χ1n) is 6.76. The molecule has 0 spiro atoms. The van der Waals surface area contributed by atoms with E-state index in [-0.39, 0.29) is 0 Å². The summed E-state index contributed by atoms with van der Waals surface area (Å²) in [6, 6.07) is 13.7. The number of fused-ring (bicyclic) bond motifs is 1. The maximum absolute atomic E-state index is 5.62. The van der Waals surface area contributed by atoms with Crippen molar-refractivity contribution in [2.75, 3.05) is 20.3 Å². The smallest absolute Gasteiger partial charge is 0.161 e. The van der Waals surface area contributed by atoms with Crippen LogP contribution in [0.2, 0.25) is 0 Å². The van der Waals surface area contributed by atoms with Crippen LogP contribution in [0.25, 0.3) is 5.57 Å². The van der Waals surface area contributed by atoms with Crippen LogP contribution in [0, 0.1) is 0 Å². The van der Waals surface area contributed by atoms with Gasteiger partial charge in [-0.3, -0.25) is 0 Å². The van der Waals surface area contributed by atoms with E-state index in [1.54, 1.807) is 7.11 Å². The molecule has 0 N–H and O–H groups in total. The first kappa shape index (κ1) is 13.3. The van der Waals surface area contributed by atoms with Crippen LogP contribution >= 0.6 is 0 Å². The average Bonchev–Trinajstić information content (AvgIpc) is 2.56. The number of hydrogen-bond donors (Lipinski definition) is 0. The molecule has 0 atom stereocenters. The van der Waals surface area contributed by atoms with Crippen molar-refractivity contribution in [1.29, 1.82) is 0 Å². The van der Waals surface area contributed by atoms with E-state index in [1.807, 2.05) is 42.5 Å². The zero-order chi connectivity index (χ0) is 14.7. The lowest BCUT2D eigenvalue weighted by Gasteiger charge is -2.19. The molecule has 0 unspecified atom stereocenters. The van der Waals surface area contributed by atoms with E-state index in [0.717, 1.165) is 33.9 Å². The van der Waals surface area contributed by atoms with Crippen LogP contribution in [0.5, 0.6) is 17.2 Å². The van der Waals surface area contributed by atoms with E-state index in [2.05, 4.69) is 12.3 Å². The summed E-state index contributed by atoms with van der Waals surface area (Å²) in [6.45, 7) is 4.97. The summed E-state index contributed by atoms with van der Waals surface area (Å²) in [5.74, 6) is 2.37. The second kappa shape index (κ2) is 5.78. The van der Waals surface area contributed by atoms with Crippen LogP contribution in [0.4, 0.5) is 0 Å². The average molecular weight is 280 g/mol. The van der Waals surface area contributed by atoms with E-state index >= 15 is 0 Å². The van der Waals surface area contributed by atoms with Gasteiger partial charge in [0.2, 0.25) is 0 Å². The monoisotopic (exact) mass is 280 g/mol. The molecule has 0 saturated heterocycles.